The average Bonchev–Trinajstić information content (AvgIpc) is 2.49. The Morgan fingerprint density at radius 3 is 2.37 bits per heavy atom. The molecule has 1 aliphatic rings. The SMILES string of the molecule is CC1(C)C(CI)N(Cc2ccccc2)C(=O)C1(F)F. The maximum Gasteiger partial charge on any atom is 0.331 e. The molecule has 1 aliphatic heterocycles. The van der Waals surface area contributed by atoms with Crippen molar-refractivity contribution in [2.75, 3.05) is 4.43 Å². The zero-order chi connectivity index (χ0) is 14.3. The lowest BCUT2D eigenvalue weighted by atomic mass is 9.82. The van der Waals surface area contributed by atoms with Gasteiger partial charge in [-0.1, -0.05) is 66.8 Å². The van der Waals surface area contributed by atoms with Crippen molar-refractivity contribution in [2.45, 2.75) is 32.4 Å². The second-order valence-electron chi connectivity index (χ2n) is 5.38. The predicted octanol–water partition coefficient (Wildman–Crippen LogP) is 3.49. The molecule has 0 radical (unpaired) electrons. The summed E-state index contributed by atoms with van der Waals surface area (Å²) in [7, 11) is 0. The van der Waals surface area contributed by atoms with E-state index in [1.165, 1.54) is 18.7 Å². The van der Waals surface area contributed by atoms with Crippen molar-refractivity contribution in [3.63, 3.8) is 0 Å². The maximum atomic E-state index is 14.1. The molecule has 19 heavy (non-hydrogen) atoms. The number of carbonyl (C=O) groups excluding carboxylic acids is 1. The minimum Gasteiger partial charge on any atom is -0.329 e. The number of benzene rings is 1. The molecule has 1 heterocycles. The molecular formula is C14H16F2INO. The summed E-state index contributed by atoms with van der Waals surface area (Å²) in [5, 5.41) is 0. The third-order valence-corrected chi connectivity index (χ3v) is 4.72. The molecule has 1 fully saturated rings. The Labute approximate surface area is 125 Å². The molecular weight excluding hydrogens is 363 g/mol. The average molecular weight is 379 g/mol. The molecule has 0 N–H and O–H groups in total. The van der Waals surface area contributed by atoms with E-state index in [1.54, 1.807) is 0 Å². The van der Waals surface area contributed by atoms with Gasteiger partial charge in [-0.25, -0.2) is 0 Å². The van der Waals surface area contributed by atoms with Crippen LogP contribution < -0.4 is 0 Å². The Morgan fingerprint density at radius 1 is 1.26 bits per heavy atom. The van der Waals surface area contributed by atoms with Crippen LogP contribution in [-0.4, -0.2) is 27.2 Å². The highest BCUT2D eigenvalue weighted by Crippen LogP contribution is 2.49. The van der Waals surface area contributed by atoms with Crippen LogP contribution >= 0.6 is 22.6 Å². The topological polar surface area (TPSA) is 20.3 Å². The van der Waals surface area contributed by atoms with E-state index < -0.39 is 23.3 Å². The van der Waals surface area contributed by atoms with E-state index >= 15 is 0 Å². The van der Waals surface area contributed by atoms with Crippen molar-refractivity contribution in [3.8, 4) is 0 Å². The van der Waals surface area contributed by atoms with Crippen LogP contribution in [0.3, 0.4) is 0 Å². The Balaban J connectivity index is 2.32. The van der Waals surface area contributed by atoms with Crippen LogP contribution in [0.15, 0.2) is 30.3 Å². The summed E-state index contributed by atoms with van der Waals surface area (Å²) in [6.45, 7) is 3.19. The predicted molar refractivity (Wildman–Crippen MR) is 78.4 cm³/mol. The van der Waals surface area contributed by atoms with E-state index in [0.717, 1.165) is 5.56 Å². The third kappa shape index (κ3) is 2.26. The van der Waals surface area contributed by atoms with Gasteiger partial charge in [-0.05, 0) is 5.56 Å². The fraction of sp³-hybridized carbons (Fsp3) is 0.500. The smallest absolute Gasteiger partial charge is 0.329 e. The van der Waals surface area contributed by atoms with Gasteiger partial charge in [0.25, 0.3) is 5.91 Å². The quantitative estimate of drug-likeness (QED) is 0.582. The second-order valence-corrected chi connectivity index (χ2v) is 6.27. The van der Waals surface area contributed by atoms with Gasteiger partial charge in [-0.3, -0.25) is 4.79 Å². The summed E-state index contributed by atoms with van der Waals surface area (Å²) in [4.78, 5) is 13.3. The van der Waals surface area contributed by atoms with E-state index in [4.69, 9.17) is 0 Å². The molecule has 0 aromatic heterocycles. The first-order valence-electron chi connectivity index (χ1n) is 6.11. The third-order valence-electron chi connectivity index (χ3n) is 3.89. The van der Waals surface area contributed by atoms with E-state index in [2.05, 4.69) is 22.6 Å². The molecule has 1 aromatic carbocycles. The number of halogens is 3. The van der Waals surface area contributed by atoms with Crippen LogP contribution in [0.25, 0.3) is 0 Å². The number of alkyl halides is 3. The molecule has 1 amide bonds. The van der Waals surface area contributed by atoms with Gasteiger partial charge in [-0.2, -0.15) is 8.78 Å². The molecule has 1 atom stereocenters. The number of hydrogen-bond donors (Lipinski definition) is 0. The first-order chi connectivity index (χ1) is 8.82. The summed E-state index contributed by atoms with van der Waals surface area (Å²) in [5.74, 6) is -4.35. The molecule has 1 aromatic rings. The number of hydrogen-bond acceptors (Lipinski definition) is 1. The van der Waals surface area contributed by atoms with Gasteiger partial charge in [0.2, 0.25) is 0 Å². The minimum absolute atomic E-state index is 0.242. The summed E-state index contributed by atoms with van der Waals surface area (Å²) >= 11 is 2.07. The lowest BCUT2D eigenvalue weighted by Gasteiger charge is -2.31. The largest absolute Gasteiger partial charge is 0.331 e. The number of amides is 1. The number of likely N-dealkylation sites (tertiary alicyclic amines) is 1. The van der Waals surface area contributed by atoms with E-state index in [-0.39, 0.29) is 6.54 Å². The molecule has 1 saturated heterocycles. The summed E-state index contributed by atoms with van der Waals surface area (Å²) in [6.07, 6.45) is 0. The summed E-state index contributed by atoms with van der Waals surface area (Å²) < 4.78 is 28.7. The molecule has 2 rings (SSSR count). The van der Waals surface area contributed by atoms with Crippen LogP contribution in [0, 0.1) is 5.41 Å². The van der Waals surface area contributed by atoms with Gasteiger partial charge in [-0.15, -0.1) is 0 Å². The van der Waals surface area contributed by atoms with Crippen molar-refractivity contribution in [1.82, 2.24) is 4.90 Å². The highest BCUT2D eigenvalue weighted by molar-refractivity contribution is 14.1. The maximum absolute atomic E-state index is 14.1. The Kier molecular flexibility index (Phi) is 3.86. The van der Waals surface area contributed by atoms with Crippen LogP contribution in [0.4, 0.5) is 8.78 Å². The monoisotopic (exact) mass is 379 g/mol. The van der Waals surface area contributed by atoms with Crippen LogP contribution in [0.1, 0.15) is 19.4 Å². The van der Waals surface area contributed by atoms with Gasteiger partial charge in [0.05, 0.1) is 11.5 Å². The lowest BCUT2D eigenvalue weighted by Crippen LogP contribution is -2.41. The van der Waals surface area contributed by atoms with Crippen LogP contribution in [0.5, 0.6) is 0 Å². The van der Waals surface area contributed by atoms with Gasteiger partial charge in [0.15, 0.2) is 0 Å². The fourth-order valence-corrected chi connectivity index (χ4v) is 4.01. The molecule has 1 unspecified atom stereocenters. The van der Waals surface area contributed by atoms with Gasteiger partial charge in [0.1, 0.15) is 0 Å². The molecule has 0 bridgehead atoms. The van der Waals surface area contributed by atoms with Crippen molar-refractivity contribution in [3.05, 3.63) is 35.9 Å². The summed E-state index contributed by atoms with van der Waals surface area (Å²) in [6, 6.07) is 8.80. The van der Waals surface area contributed by atoms with E-state index in [1.807, 2.05) is 30.3 Å². The van der Waals surface area contributed by atoms with E-state index in [9.17, 15) is 13.6 Å². The number of nitrogens with zero attached hydrogens (tertiary/aromatic N) is 1. The number of rotatable bonds is 3. The van der Waals surface area contributed by atoms with Crippen molar-refractivity contribution >= 4 is 28.5 Å². The standard InChI is InChI=1S/C14H16F2INO/c1-13(2)11(8-17)18(12(19)14(13,15)16)9-10-6-4-3-5-7-10/h3-7,11H,8-9H2,1-2H3. The molecule has 2 nitrogen and oxygen atoms in total. The van der Waals surface area contributed by atoms with Gasteiger partial charge in [0, 0.05) is 11.0 Å². The molecule has 5 heteroatoms. The highest BCUT2D eigenvalue weighted by atomic mass is 127. The van der Waals surface area contributed by atoms with Crippen LogP contribution in [0.2, 0.25) is 0 Å². The zero-order valence-electron chi connectivity index (χ0n) is 10.9. The highest BCUT2D eigenvalue weighted by Gasteiger charge is 2.66. The molecule has 0 aliphatic carbocycles. The van der Waals surface area contributed by atoms with Gasteiger partial charge >= 0.3 is 5.92 Å². The first-order valence-corrected chi connectivity index (χ1v) is 7.63. The minimum atomic E-state index is -3.29. The second kappa shape index (κ2) is 5.00. The molecule has 104 valence electrons. The zero-order valence-corrected chi connectivity index (χ0v) is 13.0. The van der Waals surface area contributed by atoms with Crippen molar-refractivity contribution in [2.24, 2.45) is 5.41 Å². The number of carbonyl (C=O) groups is 1. The molecule has 0 saturated carbocycles. The normalized spacial score (nSPS) is 24.8. The van der Waals surface area contributed by atoms with Gasteiger partial charge < -0.3 is 4.90 Å². The summed E-state index contributed by atoms with van der Waals surface area (Å²) in [5.41, 5.74) is -0.459. The van der Waals surface area contributed by atoms with Crippen molar-refractivity contribution < 1.29 is 13.6 Å². The fourth-order valence-electron chi connectivity index (χ4n) is 2.43. The lowest BCUT2D eigenvalue weighted by molar-refractivity contribution is -0.156. The Morgan fingerprint density at radius 2 is 1.84 bits per heavy atom. The molecule has 0 spiro atoms. The Hall–Kier alpha value is -0.720. The van der Waals surface area contributed by atoms with E-state index in [0.29, 0.717) is 4.43 Å². The Bertz CT molecular complexity index is 476. The van der Waals surface area contributed by atoms with Crippen molar-refractivity contribution in [1.29, 1.82) is 0 Å². The van der Waals surface area contributed by atoms with Crippen LogP contribution in [-0.2, 0) is 11.3 Å². The first kappa shape index (κ1) is 14.7.